The van der Waals surface area contributed by atoms with Gasteiger partial charge in [-0.2, -0.15) is 0 Å². The van der Waals surface area contributed by atoms with Gasteiger partial charge in [0.1, 0.15) is 0 Å². The van der Waals surface area contributed by atoms with Crippen molar-refractivity contribution < 1.29 is 9.00 Å². The fourth-order valence-electron chi connectivity index (χ4n) is 4.04. The molecule has 4 nitrogen and oxygen atoms in total. The van der Waals surface area contributed by atoms with E-state index in [0.29, 0.717) is 17.8 Å². The van der Waals surface area contributed by atoms with Gasteiger partial charge in [-0.05, 0) is 44.4 Å². The van der Waals surface area contributed by atoms with E-state index < -0.39 is 10.8 Å². The van der Waals surface area contributed by atoms with Crippen LogP contribution in [0.4, 0.5) is 0 Å². The van der Waals surface area contributed by atoms with Crippen LogP contribution < -0.4 is 0 Å². The van der Waals surface area contributed by atoms with Crippen molar-refractivity contribution in [3.63, 3.8) is 0 Å². The van der Waals surface area contributed by atoms with Gasteiger partial charge in [0.05, 0.1) is 10.8 Å². The smallest absolute Gasteiger partial charge is 0.219 e. The Labute approximate surface area is 141 Å². The van der Waals surface area contributed by atoms with Crippen molar-refractivity contribution in [3.8, 4) is 0 Å². The molecule has 126 valence electrons. The van der Waals surface area contributed by atoms with Gasteiger partial charge in [-0.3, -0.25) is 13.9 Å². The van der Waals surface area contributed by atoms with Crippen LogP contribution >= 0.6 is 0 Å². The van der Waals surface area contributed by atoms with Gasteiger partial charge < -0.3 is 4.90 Å². The summed E-state index contributed by atoms with van der Waals surface area (Å²) in [4.78, 5) is 17.3. The first-order valence-corrected chi connectivity index (χ1v) is 9.93. The molecule has 0 aliphatic carbocycles. The van der Waals surface area contributed by atoms with Gasteiger partial charge in [-0.15, -0.1) is 0 Å². The lowest BCUT2D eigenvalue weighted by atomic mass is 10.0. The molecular weight excluding hydrogens is 308 g/mol. The monoisotopic (exact) mass is 334 g/mol. The predicted octanol–water partition coefficient (Wildman–Crippen LogP) is 2.27. The predicted molar refractivity (Wildman–Crippen MR) is 92.7 cm³/mol. The van der Waals surface area contributed by atoms with Crippen LogP contribution in [0.3, 0.4) is 0 Å². The van der Waals surface area contributed by atoms with Crippen molar-refractivity contribution in [3.05, 3.63) is 30.3 Å². The van der Waals surface area contributed by atoms with Gasteiger partial charge >= 0.3 is 0 Å². The molecule has 5 heteroatoms. The normalized spacial score (nSPS) is 26.6. The fraction of sp³-hybridized carbons (Fsp3) is 0.611. The second-order valence-electron chi connectivity index (χ2n) is 6.53. The van der Waals surface area contributed by atoms with Crippen molar-refractivity contribution in [2.45, 2.75) is 49.6 Å². The van der Waals surface area contributed by atoms with E-state index in [0.717, 1.165) is 43.8 Å². The molecule has 2 aliphatic rings. The first-order valence-electron chi connectivity index (χ1n) is 8.61. The SMILES string of the molecule is CC(=O)N1CCCC1C1CCCN1CCS(=O)c1ccccc1. The van der Waals surface area contributed by atoms with E-state index in [1.54, 1.807) is 6.92 Å². The standard InChI is InChI=1S/C18H26N2O2S/c1-15(21)20-12-6-10-18(20)17-9-5-11-19(17)13-14-23(22)16-7-3-2-4-8-16/h2-4,7-8,17-18H,5-6,9-14H2,1H3. The van der Waals surface area contributed by atoms with Gasteiger partial charge in [0.25, 0.3) is 0 Å². The Balaban J connectivity index is 1.59. The Morgan fingerprint density at radius 1 is 1.13 bits per heavy atom. The van der Waals surface area contributed by atoms with Crippen LogP contribution in [0.5, 0.6) is 0 Å². The quantitative estimate of drug-likeness (QED) is 0.829. The third-order valence-electron chi connectivity index (χ3n) is 5.13. The molecule has 2 fully saturated rings. The van der Waals surface area contributed by atoms with Crippen LogP contribution in [-0.2, 0) is 15.6 Å². The summed E-state index contributed by atoms with van der Waals surface area (Å²) < 4.78 is 12.4. The fourth-order valence-corrected chi connectivity index (χ4v) is 5.14. The maximum absolute atomic E-state index is 12.4. The molecule has 3 atom stereocenters. The summed E-state index contributed by atoms with van der Waals surface area (Å²) in [5, 5.41) is 0. The average Bonchev–Trinajstić information content (AvgIpc) is 3.21. The lowest BCUT2D eigenvalue weighted by molar-refractivity contribution is -0.130. The molecule has 0 saturated carbocycles. The van der Waals surface area contributed by atoms with Crippen molar-refractivity contribution >= 4 is 16.7 Å². The number of hydrogen-bond acceptors (Lipinski definition) is 3. The van der Waals surface area contributed by atoms with Crippen molar-refractivity contribution in [2.24, 2.45) is 0 Å². The average molecular weight is 334 g/mol. The summed E-state index contributed by atoms with van der Waals surface area (Å²) >= 11 is 0. The summed E-state index contributed by atoms with van der Waals surface area (Å²) in [7, 11) is -0.936. The maximum atomic E-state index is 12.4. The topological polar surface area (TPSA) is 40.6 Å². The third-order valence-corrected chi connectivity index (χ3v) is 6.48. The first kappa shape index (κ1) is 16.7. The highest BCUT2D eigenvalue weighted by Gasteiger charge is 2.38. The molecule has 0 radical (unpaired) electrons. The van der Waals surface area contributed by atoms with E-state index in [1.807, 2.05) is 30.3 Å². The van der Waals surface area contributed by atoms with E-state index in [9.17, 15) is 9.00 Å². The number of rotatable bonds is 5. The zero-order chi connectivity index (χ0) is 16.2. The lowest BCUT2D eigenvalue weighted by Crippen LogP contribution is -2.48. The summed E-state index contributed by atoms with van der Waals surface area (Å²) in [6.45, 7) is 4.51. The number of carbonyl (C=O) groups excluding carboxylic acids is 1. The van der Waals surface area contributed by atoms with E-state index in [1.165, 1.54) is 6.42 Å². The summed E-state index contributed by atoms with van der Waals surface area (Å²) in [5.41, 5.74) is 0. The minimum Gasteiger partial charge on any atom is -0.338 e. The van der Waals surface area contributed by atoms with Crippen LogP contribution in [0, 0.1) is 0 Å². The molecule has 0 spiro atoms. The van der Waals surface area contributed by atoms with Crippen LogP contribution in [0.25, 0.3) is 0 Å². The summed E-state index contributed by atoms with van der Waals surface area (Å²) in [6.07, 6.45) is 4.57. The van der Waals surface area contributed by atoms with Crippen molar-refractivity contribution in [1.82, 2.24) is 9.80 Å². The van der Waals surface area contributed by atoms with Gasteiger partial charge in [0, 0.05) is 42.7 Å². The highest BCUT2D eigenvalue weighted by molar-refractivity contribution is 7.85. The van der Waals surface area contributed by atoms with Gasteiger partial charge in [-0.1, -0.05) is 18.2 Å². The number of nitrogens with zero attached hydrogens (tertiary/aromatic N) is 2. The van der Waals surface area contributed by atoms with Crippen LogP contribution in [0.2, 0.25) is 0 Å². The highest BCUT2D eigenvalue weighted by atomic mass is 32.2. The second kappa shape index (κ2) is 7.58. The Morgan fingerprint density at radius 2 is 1.83 bits per heavy atom. The van der Waals surface area contributed by atoms with Crippen molar-refractivity contribution in [1.29, 1.82) is 0 Å². The van der Waals surface area contributed by atoms with E-state index in [-0.39, 0.29) is 5.91 Å². The molecular formula is C18H26N2O2S. The Morgan fingerprint density at radius 3 is 2.57 bits per heavy atom. The minimum absolute atomic E-state index is 0.201. The van der Waals surface area contributed by atoms with E-state index in [2.05, 4.69) is 9.80 Å². The first-order chi connectivity index (χ1) is 11.2. The van der Waals surface area contributed by atoms with Crippen LogP contribution in [0.15, 0.2) is 35.2 Å². The minimum atomic E-state index is -0.936. The number of benzene rings is 1. The zero-order valence-electron chi connectivity index (χ0n) is 13.8. The van der Waals surface area contributed by atoms with Gasteiger partial charge in [0.15, 0.2) is 0 Å². The number of amides is 1. The number of hydrogen-bond donors (Lipinski definition) is 0. The number of carbonyl (C=O) groups is 1. The lowest BCUT2D eigenvalue weighted by Gasteiger charge is -2.34. The molecule has 2 saturated heterocycles. The largest absolute Gasteiger partial charge is 0.338 e. The molecule has 2 aliphatic heterocycles. The van der Waals surface area contributed by atoms with Crippen molar-refractivity contribution in [2.75, 3.05) is 25.4 Å². The summed E-state index contributed by atoms with van der Waals surface area (Å²) in [6, 6.07) is 10.5. The van der Waals surface area contributed by atoms with Gasteiger partial charge in [-0.25, -0.2) is 0 Å². The molecule has 1 aromatic carbocycles. The van der Waals surface area contributed by atoms with E-state index in [4.69, 9.17) is 0 Å². The molecule has 3 rings (SSSR count). The number of likely N-dealkylation sites (tertiary alicyclic amines) is 2. The molecule has 2 heterocycles. The third kappa shape index (κ3) is 3.83. The van der Waals surface area contributed by atoms with Gasteiger partial charge in [0.2, 0.25) is 5.91 Å². The molecule has 3 unspecified atom stereocenters. The Kier molecular flexibility index (Phi) is 5.49. The molecule has 1 amide bonds. The zero-order valence-corrected chi connectivity index (χ0v) is 14.6. The van der Waals surface area contributed by atoms with E-state index >= 15 is 0 Å². The second-order valence-corrected chi connectivity index (χ2v) is 8.10. The Hall–Kier alpha value is -1.20. The molecule has 23 heavy (non-hydrogen) atoms. The molecule has 0 aromatic heterocycles. The molecule has 0 bridgehead atoms. The highest BCUT2D eigenvalue weighted by Crippen LogP contribution is 2.30. The molecule has 0 N–H and O–H groups in total. The summed E-state index contributed by atoms with van der Waals surface area (Å²) in [5.74, 6) is 0.875. The molecule has 1 aromatic rings. The maximum Gasteiger partial charge on any atom is 0.219 e. The Bertz CT molecular complexity index is 563. The van der Waals surface area contributed by atoms with Crippen LogP contribution in [-0.4, -0.2) is 57.4 Å². The van der Waals surface area contributed by atoms with Crippen LogP contribution in [0.1, 0.15) is 32.6 Å².